The van der Waals surface area contributed by atoms with E-state index in [1.54, 1.807) is 19.1 Å². The fourth-order valence-electron chi connectivity index (χ4n) is 2.31. The smallest absolute Gasteiger partial charge is 0.261 e. The number of carbonyl (C=O) groups is 1. The molecule has 2 aromatic carbocycles. The first-order valence-corrected chi connectivity index (χ1v) is 9.33. The Bertz CT molecular complexity index is 892. The Morgan fingerprint density at radius 1 is 1.08 bits per heavy atom. The second-order valence-electron chi connectivity index (χ2n) is 5.63. The molecular formula is C18H22N2O4S. The second-order valence-corrected chi connectivity index (χ2v) is 7.31. The number of nitrogens with one attached hydrogen (secondary N) is 2. The molecule has 7 heteroatoms. The highest BCUT2D eigenvalue weighted by Crippen LogP contribution is 2.24. The van der Waals surface area contributed by atoms with Gasteiger partial charge in [-0.1, -0.05) is 6.07 Å². The molecule has 6 nitrogen and oxygen atoms in total. The maximum Gasteiger partial charge on any atom is 0.261 e. The normalized spacial score (nSPS) is 11.0. The van der Waals surface area contributed by atoms with E-state index in [-0.39, 0.29) is 16.4 Å². The van der Waals surface area contributed by atoms with Crippen LogP contribution in [0.5, 0.6) is 5.75 Å². The molecule has 2 aromatic rings. The molecule has 0 bridgehead atoms. The van der Waals surface area contributed by atoms with Crippen molar-refractivity contribution >= 4 is 21.6 Å². The predicted molar refractivity (Wildman–Crippen MR) is 97.7 cm³/mol. The van der Waals surface area contributed by atoms with E-state index in [0.29, 0.717) is 18.0 Å². The Hall–Kier alpha value is -2.54. The average Bonchev–Trinajstić information content (AvgIpc) is 2.57. The van der Waals surface area contributed by atoms with Crippen molar-refractivity contribution in [1.82, 2.24) is 5.32 Å². The van der Waals surface area contributed by atoms with E-state index in [1.165, 1.54) is 25.3 Å². The number of sulfonamides is 1. The van der Waals surface area contributed by atoms with Crippen LogP contribution in [0.1, 0.15) is 28.4 Å². The van der Waals surface area contributed by atoms with Crippen molar-refractivity contribution in [2.75, 3.05) is 18.4 Å². The lowest BCUT2D eigenvalue weighted by Crippen LogP contribution is -2.24. The predicted octanol–water partition coefficient (Wildman–Crippen LogP) is 2.86. The zero-order valence-electron chi connectivity index (χ0n) is 14.7. The Balaban J connectivity index is 2.40. The minimum Gasteiger partial charge on any atom is -0.496 e. The van der Waals surface area contributed by atoms with E-state index in [4.69, 9.17) is 4.74 Å². The summed E-state index contributed by atoms with van der Waals surface area (Å²) in [5, 5.41) is 2.64. The SMILES string of the molecule is CCNC(=O)c1cc(S(=O)(=O)Nc2ccc(C)c(C)c2)ccc1OC. The highest BCUT2D eigenvalue weighted by molar-refractivity contribution is 7.92. The largest absolute Gasteiger partial charge is 0.496 e. The summed E-state index contributed by atoms with van der Waals surface area (Å²) in [5.74, 6) is -0.0707. The van der Waals surface area contributed by atoms with Gasteiger partial charge >= 0.3 is 0 Å². The monoisotopic (exact) mass is 362 g/mol. The molecule has 0 saturated carbocycles. The lowest BCUT2D eigenvalue weighted by atomic mass is 10.1. The van der Waals surface area contributed by atoms with Gasteiger partial charge in [-0.3, -0.25) is 9.52 Å². The maximum absolute atomic E-state index is 12.6. The summed E-state index contributed by atoms with van der Waals surface area (Å²) in [6, 6.07) is 9.51. The molecule has 0 aliphatic heterocycles. The van der Waals surface area contributed by atoms with Gasteiger partial charge in [-0.25, -0.2) is 8.42 Å². The van der Waals surface area contributed by atoms with Gasteiger partial charge in [-0.2, -0.15) is 0 Å². The summed E-state index contributed by atoms with van der Waals surface area (Å²) in [5.41, 5.74) is 2.70. The Kier molecular flexibility index (Phi) is 5.69. The highest BCUT2D eigenvalue weighted by atomic mass is 32.2. The molecule has 0 unspecified atom stereocenters. The standard InChI is InChI=1S/C18H22N2O4S/c1-5-19-18(21)16-11-15(8-9-17(16)24-4)25(22,23)20-14-7-6-12(2)13(3)10-14/h6-11,20H,5H2,1-4H3,(H,19,21). The van der Waals surface area contributed by atoms with Gasteiger partial charge in [0.1, 0.15) is 5.75 Å². The van der Waals surface area contributed by atoms with Gasteiger partial charge in [0, 0.05) is 12.2 Å². The second kappa shape index (κ2) is 7.57. The van der Waals surface area contributed by atoms with Crippen molar-refractivity contribution in [3.05, 3.63) is 53.1 Å². The van der Waals surface area contributed by atoms with Gasteiger partial charge in [0.05, 0.1) is 17.6 Å². The molecule has 134 valence electrons. The molecular weight excluding hydrogens is 340 g/mol. The molecule has 0 radical (unpaired) electrons. The van der Waals surface area contributed by atoms with Crippen LogP contribution in [0.25, 0.3) is 0 Å². The van der Waals surface area contributed by atoms with E-state index in [2.05, 4.69) is 10.0 Å². The number of anilines is 1. The molecule has 25 heavy (non-hydrogen) atoms. The Morgan fingerprint density at radius 2 is 1.80 bits per heavy atom. The molecule has 0 heterocycles. The van der Waals surface area contributed by atoms with Crippen LogP contribution in [0, 0.1) is 13.8 Å². The average molecular weight is 362 g/mol. The third-order valence-electron chi connectivity index (χ3n) is 3.82. The van der Waals surface area contributed by atoms with Crippen LogP contribution in [0.4, 0.5) is 5.69 Å². The van der Waals surface area contributed by atoms with Gasteiger partial charge in [0.25, 0.3) is 15.9 Å². The molecule has 0 fully saturated rings. The number of rotatable bonds is 6. The zero-order chi connectivity index (χ0) is 18.6. The molecule has 0 aromatic heterocycles. The first-order chi connectivity index (χ1) is 11.8. The van der Waals surface area contributed by atoms with E-state index in [1.807, 2.05) is 19.9 Å². The minimum absolute atomic E-state index is 0.00668. The molecule has 2 rings (SSSR count). The van der Waals surface area contributed by atoms with E-state index in [0.717, 1.165) is 11.1 Å². The molecule has 2 N–H and O–H groups in total. The zero-order valence-corrected chi connectivity index (χ0v) is 15.5. The van der Waals surface area contributed by atoms with Crippen LogP contribution < -0.4 is 14.8 Å². The number of carbonyl (C=O) groups excluding carboxylic acids is 1. The minimum atomic E-state index is -3.82. The Morgan fingerprint density at radius 3 is 2.40 bits per heavy atom. The highest BCUT2D eigenvalue weighted by Gasteiger charge is 2.20. The van der Waals surface area contributed by atoms with Crippen LogP contribution in [0.3, 0.4) is 0 Å². The summed E-state index contributed by atoms with van der Waals surface area (Å²) in [6.07, 6.45) is 0. The summed E-state index contributed by atoms with van der Waals surface area (Å²) in [7, 11) is -2.39. The van der Waals surface area contributed by atoms with Gasteiger partial charge in [-0.05, 0) is 62.2 Å². The molecule has 0 aliphatic carbocycles. The van der Waals surface area contributed by atoms with E-state index < -0.39 is 10.0 Å². The number of aryl methyl sites for hydroxylation is 2. The fraction of sp³-hybridized carbons (Fsp3) is 0.278. The third kappa shape index (κ3) is 4.30. The van der Waals surface area contributed by atoms with Crippen LogP contribution in [-0.2, 0) is 10.0 Å². The molecule has 0 spiro atoms. The maximum atomic E-state index is 12.6. The first-order valence-electron chi connectivity index (χ1n) is 7.84. The van der Waals surface area contributed by atoms with Crippen LogP contribution in [0.15, 0.2) is 41.3 Å². The number of hydrogen-bond donors (Lipinski definition) is 2. The van der Waals surface area contributed by atoms with Crippen molar-refractivity contribution < 1.29 is 17.9 Å². The van der Waals surface area contributed by atoms with Crippen molar-refractivity contribution in [2.24, 2.45) is 0 Å². The number of hydrogen-bond acceptors (Lipinski definition) is 4. The number of amides is 1. The van der Waals surface area contributed by atoms with Gasteiger partial charge < -0.3 is 10.1 Å². The Labute approximate surface area is 148 Å². The lowest BCUT2D eigenvalue weighted by Gasteiger charge is -2.13. The summed E-state index contributed by atoms with van der Waals surface area (Å²) < 4.78 is 33.0. The van der Waals surface area contributed by atoms with Crippen molar-refractivity contribution in [1.29, 1.82) is 0 Å². The summed E-state index contributed by atoms with van der Waals surface area (Å²) in [6.45, 7) is 6.08. The van der Waals surface area contributed by atoms with Crippen molar-refractivity contribution in [3.8, 4) is 5.75 Å². The van der Waals surface area contributed by atoms with Crippen molar-refractivity contribution in [2.45, 2.75) is 25.7 Å². The van der Waals surface area contributed by atoms with Crippen molar-refractivity contribution in [3.63, 3.8) is 0 Å². The summed E-state index contributed by atoms with van der Waals surface area (Å²) in [4.78, 5) is 12.1. The van der Waals surface area contributed by atoms with Gasteiger partial charge in [-0.15, -0.1) is 0 Å². The first kappa shape index (κ1) is 18.8. The molecule has 1 amide bonds. The third-order valence-corrected chi connectivity index (χ3v) is 5.20. The van der Waals surface area contributed by atoms with Gasteiger partial charge in [0.2, 0.25) is 0 Å². The van der Waals surface area contributed by atoms with Gasteiger partial charge in [0.15, 0.2) is 0 Å². The van der Waals surface area contributed by atoms with Crippen LogP contribution in [0.2, 0.25) is 0 Å². The summed E-state index contributed by atoms with van der Waals surface area (Å²) >= 11 is 0. The molecule has 0 atom stereocenters. The lowest BCUT2D eigenvalue weighted by molar-refractivity contribution is 0.0952. The van der Waals surface area contributed by atoms with E-state index in [9.17, 15) is 13.2 Å². The number of methoxy groups -OCH3 is 1. The topological polar surface area (TPSA) is 84.5 Å². The van der Waals surface area contributed by atoms with E-state index >= 15 is 0 Å². The quantitative estimate of drug-likeness (QED) is 0.827. The van der Waals surface area contributed by atoms with Crippen LogP contribution in [-0.4, -0.2) is 28.0 Å². The molecule has 0 saturated heterocycles. The number of benzene rings is 2. The fourth-order valence-corrected chi connectivity index (χ4v) is 3.38. The number of ether oxygens (including phenoxy) is 1. The molecule has 0 aliphatic rings. The van der Waals surface area contributed by atoms with Crippen LogP contribution >= 0.6 is 0 Å².